The van der Waals surface area contributed by atoms with E-state index in [1.165, 1.54) is 17.6 Å². The van der Waals surface area contributed by atoms with Gasteiger partial charge in [0, 0.05) is 32.3 Å². The molecule has 1 aliphatic heterocycles. The van der Waals surface area contributed by atoms with E-state index < -0.39 is 10.0 Å². The van der Waals surface area contributed by atoms with Crippen LogP contribution in [0.15, 0.2) is 30.5 Å². The lowest BCUT2D eigenvalue weighted by Crippen LogP contribution is -2.25. The van der Waals surface area contributed by atoms with E-state index >= 15 is 0 Å². The molecule has 0 bridgehead atoms. The Hall–Kier alpha value is -4.63. The molecule has 1 atom stereocenters. The number of anilines is 5. The summed E-state index contributed by atoms with van der Waals surface area (Å²) in [6.07, 6.45) is 5.55. The van der Waals surface area contributed by atoms with Crippen molar-refractivity contribution in [1.82, 2.24) is 39.3 Å². The summed E-state index contributed by atoms with van der Waals surface area (Å²) in [6.45, 7) is 8.23. The molecule has 6 rings (SSSR count). The SMILES string of the molecule is Cc1nc(-c2ccc(Nc3cc(Nc4cnc(C)c(C)n4)nc4c3nc(C)n4C3CCCCO3)c(N(C)S(C)(=O)=O)c2)n(C)n1. The molecule has 5 heterocycles. The zero-order valence-corrected chi connectivity index (χ0v) is 27.3. The first-order valence-electron chi connectivity index (χ1n) is 14.7. The normalized spacial score (nSPS) is 15.4. The second-order valence-corrected chi connectivity index (χ2v) is 13.3. The Balaban J connectivity index is 1.50. The highest BCUT2D eigenvalue weighted by Crippen LogP contribution is 2.38. The maximum atomic E-state index is 12.8. The molecule has 5 aromatic rings. The summed E-state index contributed by atoms with van der Waals surface area (Å²) in [5, 5.41) is 11.1. The van der Waals surface area contributed by atoms with Gasteiger partial charge in [-0.2, -0.15) is 5.10 Å². The smallest absolute Gasteiger partial charge is 0.232 e. The van der Waals surface area contributed by atoms with Gasteiger partial charge in [-0.05, 0) is 65.2 Å². The van der Waals surface area contributed by atoms with Crippen molar-refractivity contribution in [2.75, 3.05) is 34.8 Å². The highest BCUT2D eigenvalue weighted by atomic mass is 32.2. The number of hydrogen-bond donors (Lipinski definition) is 2. The van der Waals surface area contributed by atoms with Crippen molar-refractivity contribution in [3.8, 4) is 11.4 Å². The second-order valence-electron chi connectivity index (χ2n) is 11.3. The summed E-state index contributed by atoms with van der Waals surface area (Å²) in [6, 6.07) is 7.34. The Morgan fingerprint density at radius 2 is 1.76 bits per heavy atom. The van der Waals surface area contributed by atoms with Crippen molar-refractivity contribution >= 4 is 49.9 Å². The number of nitrogens with zero attached hydrogens (tertiary/aromatic N) is 9. The molecule has 0 amide bonds. The summed E-state index contributed by atoms with van der Waals surface area (Å²) in [7, 11) is -0.290. The van der Waals surface area contributed by atoms with Crippen molar-refractivity contribution in [2.45, 2.75) is 53.2 Å². The summed E-state index contributed by atoms with van der Waals surface area (Å²) in [4.78, 5) is 23.5. The molecule has 1 aromatic carbocycles. The van der Waals surface area contributed by atoms with Crippen LogP contribution in [-0.4, -0.2) is 67.6 Å². The first-order valence-corrected chi connectivity index (χ1v) is 16.6. The highest BCUT2D eigenvalue weighted by molar-refractivity contribution is 7.92. The number of pyridine rings is 1. The minimum atomic E-state index is -3.62. The van der Waals surface area contributed by atoms with E-state index in [0.29, 0.717) is 58.1 Å². The summed E-state index contributed by atoms with van der Waals surface area (Å²) >= 11 is 0. The van der Waals surface area contributed by atoms with E-state index in [1.807, 2.05) is 50.5 Å². The highest BCUT2D eigenvalue weighted by Gasteiger charge is 2.25. The predicted molar refractivity (Wildman–Crippen MR) is 174 cm³/mol. The van der Waals surface area contributed by atoms with E-state index in [-0.39, 0.29) is 6.23 Å². The van der Waals surface area contributed by atoms with Gasteiger partial charge in [0.25, 0.3) is 0 Å². The first-order chi connectivity index (χ1) is 21.4. The molecule has 1 saturated heterocycles. The van der Waals surface area contributed by atoms with Gasteiger partial charge in [0.1, 0.15) is 35.0 Å². The van der Waals surface area contributed by atoms with Gasteiger partial charge < -0.3 is 15.4 Å². The van der Waals surface area contributed by atoms with E-state index in [9.17, 15) is 8.42 Å². The van der Waals surface area contributed by atoms with Crippen molar-refractivity contribution in [2.24, 2.45) is 7.05 Å². The van der Waals surface area contributed by atoms with Crippen LogP contribution < -0.4 is 14.9 Å². The zero-order valence-electron chi connectivity index (χ0n) is 26.5. The quantitative estimate of drug-likeness (QED) is 0.242. The number of sulfonamides is 1. The number of ether oxygens (including phenoxy) is 1. The number of fused-ring (bicyclic) bond motifs is 1. The number of aryl methyl sites for hydroxylation is 5. The first kappa shape index (κ1) is 30.4. The summed E-state index contributed by atoms with van der Waals surface area (Å²) in [5.74, 6) is 3.07. The Morgan fingerprint density at radius 1 is 0.956 bits per heavy atom. The third-order valence-corrected chi connectivity index (χ3v) is 9.14. The number of imidazole rings is 1. The van der Waals surface area contributed by atoms with Gasteiger partial charge in [-0.25, -0.2) is 33.0 Å². The third-order valence-electron chi connectivity index (χ3n) is 7.95. The molecule has 1 unspecified atom stereocenters. The summed E-state index contributed by atoms with van der Waals surface area (Å²) < 4.78 is 36.7. The van der Waals surface area contributed by atoms with E-state index in [4.69, 9.17) is 14.7 Å². The molecule has 0 spiro atoms. The second kappa shape index (κ2) is 11.7. The average Bonchev–Trinajstić information content (AvgIpc) is 3.51. The standard InChI is InChI=1S/C30H37N11O3S/c1-17-18(2)32-26(16-31-17)36-25-15-23(28-30(37-25)41(20(4)34-28)27-10-8-9-13-44-27)35-22-12-11-21(29-33-19(3)38-39(29)5)14-24(22)40(6)45(7,42)43/h11-12,14-16,27H,8-10,13H2,1-7H3,(H2,32,35,36,37). The van der Waals surface area contributed by atoms with E-state index in [2.05, 4.69) is 30.7 Å². The van der Waals surface area contributed by atoms with Gasteiger partial charge >= 0.3 is 0 Å². The summed E-state index contributed by atoms with van der Waals surface area (Å²) in [5.41, 5.74) is 5.24. The van der Waals surface area contributed by atoms with Crippen LogP contribution in [0.1, 0.15) is 48.5 Å². The van der Waals surface area contributed by atoms with Crippen LogP contribution in [0, 0.1) is 27.7 Å². The Bertz CT molecular complexity index is 2010. The van der Waals surface area contributed by atoms with Crippen LogP contribution in [0.2, 0.25) is 0 Å². The molecule has 0 radical (unpaired) electrons. The maximum absolute atomic E-state index is 12.8. The lowest BCUT2D eigenvalue weighted by Gasteiger charge is -2.25. The number of benzene rings is 1. The van der Waals surface area contributed by atoms with Crippen LogP contribution in [0.3, 0.4) is 0 Å². The lowest BCUT2D eigenvalue weighted by atomic mass is 10.1. The molecule has 15 heteroatoms. The fourth-order valence-corrected chi connectivity index (χ4v) is 5.97. The van der Waals surface area contributed by atoms with Gasteiger partial charge in [0.05, 0.1) is 40.9 Å². The van der Waals surface area contributed by atoms with Crippen molar-refractivity contribution < 1.29 is 13.2 Å². The minimum Gasteiger partial charge on any atom is -0.358 e. The number of rotatable bonds is 8. The lowest BCUT2D eigenvalue weighted by molar-refractivity contribution is -0.0308. The van der Waals surface area contributed by atoms with Gasteiger partial charge in [-0.1, -0.05) is 0 Å². The Kier molecular flexibility index (Phi) is 7.91. The number of hydrogen-bond acceptors (Lipinski definition) is 11. The number of nitrogens with one attached hydrogen (secondary N) is 2. The molecule has 236 valence electrons. The van der Waals surface area contributed by atoms with Crippen molar-refractivity contribution in [3.05, 3.63) is 53.5 Å². The largest absolute Gasteiger partial charge is 0.358 e. The molecule has 2 N–H and O–H groups in total. The van der Waals surface area contributed by atoms with E-state index in [0.717, 1.165) is 42.0 Å². The molecule has 14 nitrogen and oxygen atoms in total. The van der Waals surface area contributed by atoms with Crippen LogP contribution >= 0.6 is 0 Å². The molecule has 4 aromatic heterocycles. The average molecular weight is 632 g/mol. The monoisotopic (exact) mass is 631 g/mol. The van der Waals surface area contributed by atoms with Gasteiger partial charge in [0.15, 0.2) is 11.5 Å². The van der Waals surface area contributed by atoms with Crippen LogP contribution in [-0.2, 0) is 21.8 Å². The topological polar surface area (TPSA) is 158 Å². The van der Waals surface area contributed by atoms with Crippen LogP contribution in [0.25, 0.3) is 22.6 Å². The molecule has 1 fully saturated rings. The molecular formula is C30H37N11O3S. The van der Waals surface area contributed by atoms with Crippen LogP contribution in [0.4, 0.5) is 28.7 Å². The maximum Gasteiger partial charge on any atom is 0.232 e. The molecule has 1 aliphatic rings. The van der Waals surface area contributed by atoms with Gasteiger partial charge in [-0.15, -0.1) is 0 Å². The molecule has 45 heavy (non-hydrogen) atoms. The third kappa shape index (κ3) is 6.04. The van der Waals surface area contributed by atoms with Crippen molar-refractivity contribution in [1.29, 1.82) is 0 Å². The van der Waals surface area contributed by atoms with Crippen molar-refractivity contribution in [3.63, 3.8) is 0 Å². The molecule has 0 aliphatic carbocycles. The Morgan fingerprint density at radius 3 is 2.42 bits per heavy atom. The van der Waals surface area contributed by atoms with Gasteiger partial charge in [0.2, 0.25) is 10.0 Å². The van der Waals surface area contributed by atoms with Gasteiger partial charge in [-0.3, -0.25) is 13.9 Å². The zero-order chi connectivity index (χ0) is 32.0. The fraction of sp³-hybridized carbons (Fsp3) is 0.400. The molecule has 0 saturated carbocycles. The number of aromatic nitrogens is 8. The minimum absolute atomic E-state index is 0.193. The molecular weight excluding hydrogens is 594 g/mol. The van der Waals surface area contributed by atoms with Crippen LogP contribution in [0.5, 0.6) is 0 Å². The predicted octanol–water partition coefficient (Wildman–Crippen LogP) is 4.83. The fourth-order valence-electron chi connectivity index (χ4n) is 5.46. The van der Waals surface area contributed by atoms with E-state index in [1.54, 1.807) is 24.0 Å². The Labute approximate surface area is 262 Å².